The van der Waals surface area contributed by atoms with Gasteiger partial charge in [-0.25, -0.2) is 4.98 Å². The molecule has 4 heteroatoms. The summed E-state index contributed by atoms with van der Waals surface area (Å²) in [5, 5.41) is 3.08. The van der Waals surface area contributed by atoms with Crippen LogP contribution in [-0.2, 0) is 0 Å². The maximum absolute atomic E-state index is 6.40. The first-order valence-electron chi connectivity index (χ1n) is 5.41. The smallest absolute Gasteiger partial charge is 0.121 e. The molecule has 18 heavy (non-hydrogen) atoms. The molecule has 0 unspecified atom stereocenters. The van der Waals surface area contributed by atoms with Gasteiger partial charge in [0.15, 0.2) is 0 Å². The molecule has 2 nitrogen and oxygen atoms in total. The Morgan fingerprint density at radius 1 is 0.944 bits per heavy atom. The van der Waals surface area contributed by atoms with Crippen LogP contribution in [0.4, 0.5) is 0 Å². The fourth-order valence-electron chi connectivity index (χ4n) is 1.97. The van der Waals surface area contributed by atoms with Crippen LogP contribution in [0.25, 0.3) is 21.8 Å². The quantitative estimate of drug-likeness (QED) is 0.602. The second-order valence-electron chi connectivity index (χ2n) is 3.97. The molecule has 0 fully saturated rings. The van der Waals surface area contributed by atoms with E-state index in [-0.39, 0.29) is 0 Å². The third-order valence-corrected chi connectivity index (χ3v) is 3.52. The number of benzene rings is 2. The van der Waals surface area contributed by atoms with E-state index in [1.807, 2.05) is 30.3 Å². The third-order valence-electron chi connectivity index (χ3n) is 2.88. The van der Waals surface area contributed by atoms with E-state index in [4.69, 9.17) is 27.9 Å². The number of ether oxygens (including phenoxy) is 1. The van der Waals surface area contributed by atoms with Crippen LogP contribution in [0.2, 0.25) is 10.0 Å². The first-order valence-corrected chi connectivity index (χ1v) is 6.17. The van der Waals surface area contributed by atoms with Crippen molar-refractivity contribution >= 4 is 45.0 Å². The summed E-state index contributed by atoms with van der Waals surface area (Å²) >= 11 is 12.4. The van der Waals surface area contributed by atoms with Crippen molar-refractivity contribution in [1.29, 1.82) is 0 Å². The Labute approximate surface area is 114 Å². The standard InChI is InChI=1S/C14H9Cl2NO/c1-18-9-3-4-10-13(7-9)17-12-5-2-8(15)6-11(12)14(10)16/h2-7H,1H3. The topological polar surface area (TPSA) is 22.1 Å². The van der Waals surface area contributed by atoms with Crippen LogP contribution in [-0.4, -0.2) is 12.1 Å². The first-order chi connectivity index (χ1) is 8.69. The van der Waals surface area contributed by atoms with Crippen molar-refractivity contribution < 1.29 is 4.74 Å². The molecule has 0 radical (unpaired) electrons. The Hall–Kier alpha value is -1.51. The third kappa shape index (κ3) is 1.78. The Balaban J connectivity index is 2.44. The van der Waals surface area contributed by atoms with Crippen LogP contribution in [0.1, 0.15) is 0 Å². The number of fused-ring (bicyclic) bond motifs is 2. The minimum Gasteiger partial charge on any atom is -0.497 e. The van der Waals surface area contributed by atoms with E-state index in [9.17, 15) is 0 Å². The lowest BCUT2D eigenvalue weighted by Crippen LogP contribution is -1.87. The predicted molar refractivity (Wildman–Crippen MR) is 75.8 cm³/mol. The summed E-state index contributed by atoms with van der Waals surface area (Å²) in [6.45, 7) is 0. The van der Waals surface area contributed by atoms with Crippen LogP contribution in [0.5, 0.6) is 5.75 Å². The van der Waals surface area contributed by atoms with E-state index >= 15 is 0 Å². The molecule has 0 aliphatic heterocycles. The molecular formula is C14H9Cl2NO. The second-order valence-corrected chi connectivity index (χ2v) is 4.78. The maximum Gasteiger partial charge on any atom is 0.121 e. The molecule has 0 aliphatic carbocycles. The minimum atomic E-state index is 0.652. The molecule has 0 bridgehead atoms. The summed E-state index contributed by atoms with van der Waals surface area (Å²) in [7, 11) is 1.63. The molecule has 0 amide bonds. The number of nitrogens with zero attached hydrogens (tertiary/aromatic N) is 1. The van der Waals surface area contributed by atoms with Gasteiger partial charge in [-0.05, 0) is 30.3 Å². The van der Waals surface area contributed by atoms with Gasteiger partial charge in [-0.3, -0.25) is 0 Å². The van der Waals surface area contributed by atoms with Crippen molar-refractivity contribution in [2.45, 2.75) is 0 Å². The fraction of sp³-hybridized carbons (Fsp3) is 0.0714. The highest BCUT2D eigenvalue weighted by atomic mass is 35.5. The second kappa shape index (κ2) is 4.30. The first kappa shape index (κ1) is 11.6. The van der Waals surface area contributed by atoms with E-state index < -0.39 is 0 Å². The van der Waals surface area contributed by atoms with Crippen molar-refractivity contribution in [2.75, 3.05) is 7.11 Å². The van der Waals surface area contributed by atoms with Gasteiger partial charge in [-0.15, -0.1) is 0 Å². The van der Waals surface area contributed by atoms with Crippen molar-refractivity contribution in [3.05, 3.63) is 46.4 Å². The highest BCUT2D eigenvalue weighted by Crippen LogP contribution is 2.33. The molecule has 0 spiro atoms. The molecule has 0 saturated carbocycles. The summed E-state index contributed by atoms with van der Waals surface area (Å²) in [6.07, 6.45) is 0. The molecule has 3 aromatic rings. The van der Waals surface area contributed by atoms with Crippen LogP contribution in [0.15, 0.2) is 36.4 Å². The summed E-state index contributed by atoms with van der Waals surface area (Å²) in [6, 6.07) is 11.1. The monoisotopic (exact) mass is 277 g/mol. The van der Waals surface area contributed by atoms with Gasteiger partial charge in [-0.2, -0.15) is 0 Å². The summed E-state index contributed by atoms with van der Waals surface area (Å²) in [4.78, 5) is 4.57. The van der Waals surface area contributed by atoms with Gasteiger partial charge in [0.05, 0.1) is 23.2 Å². The van der Waals surface area contributed by atoms with Crippen molar-refractivity contribution in [2.24, 2.45) is 0 Å². The lowest BCUT2D eigenvalue weighted by Gasteiger charge is -2.07. The number of methoxy groups -OCH3 is 1. The number of hydrogen-bond acceptors (Lipinski definition) is 2. The average molecular weight is 278 g/mol. The Morgan fingerprint density at radius 2 is 1.78 bits per heavy atom. The molecule has 3 rings (SSSR count). The number of pyridine rings is 1. The SMILES string of the molecule is COc1ccc2c(Cl)c3cc(Cl)ccc3nc2c1. The molecular weight excluding hydrogens is 269 g/mol. The largest absolute Gasteiger partial charge is 0.497 e. The van der Waals surface area contributed by atoms with Gasteiger partial charge in [0.1, 0.15) is 5.75 Å². The highest BCUT2D eigenvalue weighted by Gasteiger charge is 2.08. The molecule has 2 aromatic carbocycles. The lowest BCUT2D eigenvalue weighted by molar-refractivity contribution is 0.415. The van der Waals surface area contributed by atoms with Gasteiger partial charge < -0.3 is 4.74 Å². The highest BCUT2D eigenvalue weighted by molar-refractivity contribution is 6.41. The van der Waals surface area contributed by atoms with Crippen molar-refractivity contribution in [3.8, 4) is 5.75 Å². The Kier molecular flexibility index (Phi) is 2.77. The molecule has 1 heterocycles. The molecule has 0 atom stereocenters. The van der Waals surface area contributed by atoms with Gasteiger partial charge in [-0.1, -0.05) is 23.2 Å². The van der Waals surface area contributed by atoms with Gasteiger partial charge in [0, 0.05) is 21.9 Å². The summed E-state index contributed by atoms with van der Waals surface area (Å²) in [5.74, 6) is 0.763. The van der Waals surface area contributed by atoms with Crippen LogP contribution in [0, 0.1) is 0 Å². The van der Waals surface area contributed by atoms with Crippen LogP contribution in [0.3, 0.4) is 0 Å². The number of rotatable bonds is 1. The summed E-state index contributed by atoms with van der Waals surface area (Å²) in [5.41, 5.74) is 1.64. The number of hydrogen-bond donors (Lipinski definition) is 0. The molecule has 90 valence electrons. The molecule has 0 N–H and O–H groups in total. The maximum atomic E-state index is 6.40. The van der Waals surface area contributed by atoms with Crippen molar-refractivity contribution in [1.82, 2.24) is 4.98 Å². The fourth-order valence-corrected chi connectivity index (χ4v) is 2.46. The van der Waals surface area contributed by atoms with E-state index in [1.54, 1.807) is 13.2 Å². The molecule has 0 aliphatic rings. The zero-order chi connectivity index (χ0) is 12.7. The number of halogens is 2. The zero-order valence-corrected chi connectivity index (χ0v) is 11.1. The van der Waals surface area contributed by atoms with Gasteiger partial charge in [0.25, 0.3) is 0 Å². The normalized spacial score (nSPS) is 11.1. The van der Waals surface area contributed by atoms with Crippen LogP contribution >= 0.6 is 23.2 Å². The number of aromatic nitrogens is 1. The van der Waals surface area contributed by atoms with Gasteiger partial charge >= 0.3 is 0 Å². The average Bonchev–Trinajstić information content (AvgIpc) is 2.39. The minimum absolute atomic E-state index is 0.652. The Morgan fingerprint density at radius 3 is 2.56 bits per heavy atom. The zero-order valence-electron chi connectivity index (χ0n) is 9.58. The molecule has 0 saturated heterocycles. The lowest BCUT2D eigenvalue weighted by atomic mass is 10.1. The summed E-state index contributed by atoms with van der Waals surface area (Å²) < 4.78 is 5.19. The van der Waals surface area contributed by atoms with E-state index in [0.717, 1.165) is 27.6 Å². The van der Waals surface area contributed by atoms with E-state index in [2.05, 4.69) is 4.98 Å². The Bertz CT molecular complexity index is 755. The van der Waals surface area contributed by atoms with Crippen LogP contribution < -0.4 is 4.74 Å². The van der Waals surface area contributed by atoms with E-state index in [0.29, 0.717) is 10.0 Å². The molecule has 1 aromatic heterocycles. The van der Waals surface area contributed by atoms with Gasteiger partial charge in [0.2, 0.25) is 0 Å². The van der Waals surface area contributed by atoms with E-state index in [1.165, 1.54) is 0 Å². The van der Waals surface area contributed by atoms with Crippen molar-refractivity contribution in [3.63, 3.8) is 0 Å². The predicted octanol–water partition coefficient (Wildman–Crippen LogP) is 4.70.